The van der Waals surface area contributed by atoms with Crippen LogP contribution in [0.2, 0.25) is 0 Å². The van der Waals surface area contributed by atoms with Gasteiger partial charge in [-0.15, -0.1) is 0 Å². The van der Waals surface area contributed by atoms with Gasteiger partial charge in [0.05, 0.1) is 6.61 Å². The summed E-state index contributed by atoms with van der Waals surface area (Å²) in [6.45, 7) is 4.01. The van der Waals surface area contributed by atoms with Crippen molar-refractivity contribution < 1.29 is 32.3 Å². The van der Waals surface area contributed by atoms with E-state index in [0.717, 1.165) is 0 Å². The molecule has 1 fully saturated rings. The monoisotopic (exact) mass is 487 g/mol. The van der Waals surface area contributed by atoms with Crippen molar-refractivity contribution >= 4 is 28.6 Å². The smallest absolute Gasteiger partial charge is 0.360 e. The number of carbonyl (C=O) groups is 1. The molecule has 0 radical (unpaired) electrons. The number of hydrogen-bond donors (Lipinski definition) is 0. The van der Waals surface area contributed by atoms with Crippen LogP contribution in [-0.4, -0.2) is 46.0 Å². The number of halogens is 1. The van der Waals surface area contributed by atoms with E-state index in [1.165, 1.54) is 18.8 Å². The number of ether oxygens (including phenoxy) is 3. The first-order valence-electron chi connectivity index (χ1n) is 7.91. The largest absolute Gasteiger partial charge is 0.458 e. The molecule has 10 nitrogen and oxygen atoms in total. The van der Waals surface area contributed by atoms with E-state index in [4.69, 9.17) is 27.5 Å². The molecule has 4 rings (SSSR count). The van der Waals surface area contributed by atoms with E-state index in [1.54, 1.807) is 13.8 Å². The predicted octanol–water partition coefficient (Wildman–Crippen LogP) is 2.90. The summed E-state index contributed by atoms with van der Waals surface area (Å²) in [6.07, 6.45) is 3.65. The fourth-order valence-corrected chi connectivity index (χ4v) is 2.80. The van der Waals surface area contributed by atoms with E-state index in [1.807, 2.05) is 22.6 Å². The molecule has 0 aliphatic carbocycles. The number of rotatable bonds is 5. The van der Waals surface area contributed by atoms with Crippen molar-refractivity contribution in [1.82, 2.24) is 15.0 Å². The Morgan fingerprint density at radius 3 is 2.56 bits per heavy atom. The summed E-state index contributed by atoms with van der Waals surface area (Å²) in [5, 5.41) is 0. The molecule has 142 valence electrons. The average molecular weight is 487 g/mol. The highest BCUT2D eigenvalue weighted by Crippen LogP contribution is 2.25. The zero-order valence-corrected chi connectivity index (χ0v) is 16.5. The molecule has 1 aliphatic heterocycles. The van der Waals surface area contributed by atoms with Crippen LogP contribution in [-0.2, 0) is 14.2 Å². The van der Waals surface area contributed by atoms with Crippen molar-refractivity contribution in [3.63, 3.8) is 0 Å². The molecule has 0 bridgehead atoms. The summed E-state index contributed by atoms with van der Waals surface area (Å²) in [5.41, 5.74) is 0.776. The SMILES string of the molecule is CC1(C)OCC(COC(=O)c2coc(-c3coc(-c4coc(I)n4)n3)n2)O1. The molecule has 0 amide bonds. The van der Waals surface area contributed by atoms with E-state index in [-0.39, 0.29) is 30.2 Å². The third kappa shape index (κ3) is 4.04. The lowest BCUT2D eigenvalue weighted by atomic mass is 10.4. The maximum Gasteiger partial charge on any atom is 0.360 e. The highest BCUT2D eigenvalue weighted by atomic mass is 127. The Kier molecular flexibility index (Phi) is 4.74. The second kappa shape index (κ2) is 7.05. The van der Waals surface area contributed by atoms with Crippen LogP contribution in [0.4, 0.5) is 0 Å². The van der Waals surface area contributed by atoms with Gasteiger partial charge in [0, 0.05) is 22.6 Å². The maximum atomic E-state index is 12.1. The molecule has 0 saturated carbocycles. The van der Waals surface area contributed by atoms with Gasteiger partial charge in [-0.2, -0.15) is 4.98 Å². The fourth-order valence-electron chi connectivity index (χ4n) is 2.41. The molecular weight excluding hydrogens is 473 g/mol. The van der Waals surface area contributed by atoms with E-state index in [0.29, 0.717) is 21.9 Å². The van der Waals surface area contributed by atoms with Gasteiger partial charge < -0.3 is 27.5 Å². The van der Waals surface area contributed by atoms with Gasteiger partial charge in [0.2, 0.25) is 11.8 Å². The van der Waals surface area contributed by atoms with Crippen LogP contribution in [0.3, 0.4) is 0 Å². The molecule has 1 aliphatic rings. The van der Waals surface area contributed by atoms with Crippen molar-refractivity contribution in [2.45, 2.75) is 25.7 Å². The number of carbonyl (C=O) groups excluding carboxylic acids is 1. The molecule has 3 aromatic rings. The zero-order valence-electron chi connectivity index (χ0n) is 14.3. The van der Waals surface area contributed by atoms with Gasteiger partial charge in [-0.05, 0) is 13.8 Å². The van der Waals surface area contributed by atoms with Gasteiger partial charge in [-0.25, -0.2) is 14.8 Å². The number of nitrogens with zero attached hydrogens (tertiary/aromatic N) is 3. The van der Waals surface area contributed by atoms with Crippen molar-refractivity contribution in [3.8, 4) is 23.2 Å². The third-order valence-corrected chi connectivity index (χ3v) is 4.10. The average Bonchev–Trinajstić information content (AvgIpc) is 3.38. The topological polar surface area (TPSA) is 123 Å². The summed E-state index contributed by atoms with van der Waals surface area (Å²) in [6, 6.07) is 0. The normalized spacial score (nSPS) is 18.7. The Balaban J connectivity index is 1.40. The zero-order chi connectivity index (χ0) is 19.0. The minimum Gasteiger partial charge on any atom is -0.458 e. The second-order valence-electron chi connectivity index (χ2n) is 6.11. The summed E-state index contributed by atoms with van der Waals surface area (Å²) in [5.74, 6) is -0.935. The van der Waals surface area contributed by atoms with Crippen LogP contribution >= 0.6 is 22.6 Å². The van der Waals surface area contributed by atoms with Gasteiger partial charge in [0.25, 0.3) is 3.90 Å². The van der Waals surface area contributed by atoms with Crippen LogP contribution < -0.4 is 0 Å². The Bertz CT molecular complexity index is 961. The van der Waals surface area contributed by atoms with Gasteiger partial charge in [-0.3, -0.25) is 0 Å². The fraction of sp³-hybridized carbons (Fsp3) is 0.375. The number of hydrogen-bond acceptors (Lipinski definition) is 10. The summed E-state index contributed by atoms with van der Waals surface area (Å²) in [7, 11) is 0. The molecular formula is C16H14IN3O7. The minimum absolute atomic E-state index is 0.0173. The van der Waals surface area contributed by atoms with E-state index in [2.05, 4.69) is 15.0 Å². The van der Waals surface area contributed by atoms with E-state index in [9.17, 15) is 4.79 Å². The number of oxazole rings is 3. The van der Waals surface area contributed by atoms with Gasteiger partial charge in [0.1, 0.15) is 31.5 Å². The van der Waals surface area contributed by atoms with Crippen molar-refractivity contribution in [3.05, 3.63) is 28.4 Å². The highest BCUT2D eigenvalue weighted by Gasteiger charge is 2.33. The predicted molar refractivity (Wildman–Crippen MR) is 95.4 cm³/mol. The van der Waals surface area contributed by atoms with Crippen molar-refractivity contribution in [1.29, 1.82) is 0 Å². The number of esters is 1. The molecule has 1 unspecified atom stereocenters. The first-order chi connectivity index (χ1) is 12.9. The third-order valence-electron chi connectivity index (χ3n) is 3.60. The Morgan fingerprint density at radius 2 is 1.85 bits per heavy atom. The maximum absolute atomic E-state index is 12.1. The lowest BCUT2D eigenvalue weighted by Gasteiger charge is -2.16. The lowest BCUT2D eigenvalue weighted by molar-refractivity contribution is -0.142. The molecule has 0 spiro atoms. The quantitative estimate of drug-likeness (QED) is 0.392. The standard InChI is InChI=1S/C16H14IN3O7/c1-16(2)26-4-8(27-16)3-24-14(21)11-7-23-12(19-11)9-5-22-13(18-9)10-6-25-15(17)20-10/h5-8H,3-4H2,1-2H3. The molecule has 27 heavy (non-hydrogen) atoms. The van der Waals surface area contributed by atoms with E-state index < -0.39 is 11.8 Å². The van der Waals surface area contributed by atoms with Gasteiger partial charge >= 0.3 is 5.97 Å². The lowest BCUT2D eigenvalue weighted by Crippen LogP contribution is -2.25. The molecule has 3 aromatic heterocycles. The molecule has 1 atom stereocenters. The van der Waals surface area contributed by atoms with Gasteiger partial charge in [-0.1, -0.05) is 0 Å². The van der Waals surface area contributed by atoms with Crippen LogP contribution in [0.5, 0.6) is 0 Å². The Hall–Kier alpha value is -2.25. The van der Waals surface area contributed by atoms with Crippen molar-refractivity contribution in [2.75, 3.05) is 13.2 Å². The Morgan fingerprint density at radius 1 is 1.15 bits per heavy atom. The first-order valence-corrected chi connectivity index (χ1v) is 8.99. The van der Waals surface area contributed by atoms with Crippen LogP contribution in [0.1, 0.15) is 24.3 Å². The summed E-state index contributed by atoms with van der Waals surface area (Å²) >= 11 is 1.93. The molecule has 11 heteroatoms. The minimum atomic E-state index is -0.676. The molecule has 0 N–H and O–H groups in total. The second-order valence-corrected chi connectivity index (χ2v) is 7.03. The highest BCUT2D eigenvalue weighted by molar-refractivity contribution is 14.1. The summed E-state index contributed by atoms with van der Waals surface area (Å²) < 4.78 is 32.4. The molecule has 1 saturated heterocycles. The van der Waals surface area contributed by atoms with E-state index >= 15 is 0 Å². The molecule has 0 aromatic carbocycles. The summed E-state index contributed by atoms with van der Waals surface area (Å²) in [4.78, 5) is 24.5. The van der Waals surface area contributed by atoms with Crippen LogP contribution in [0.25, 0.3) is 23.2 Å². The van der Waals surface area contributed by atoms with Crippen LogP contribution in [0.15, 0.2) is 32.0 Å². The van der Waals surface area contributed by atoms with Gasteiger partial charge in [0.15, 0.2) is 22.9 Å². The van der Waals surface area contributed by atoms with Crippen molar-refractivity contribution in [2.24, 2.45) is 0 Å². The Labute approximate surface area is 166 Å². The first kappa shape index (κ1) is 18.1. The molecule has 4 heterocycles. The van der Waals surface area contributed by atoms with Crippen LogP contribution in [0, 0.1) is 3.90 Å². The number of aromatic nitrogens is 3.